The molecule has 1 aromatic carbocycles. The third-order valence-electron chi connectivity index (χ3n) is 9.58. The minimum absolute atomic E-state index is 0.0260. The minimum atomic E-state index is -0.371. The topological polar surface area (TPSA) is 90.2 Å². The van der Waals surface area contributed by atoms with Gasteiger partial charge in [-0.15, -0.1) is 0 Å². The van der Waals surface area contributed by atoms with E-state index in [0.29, 0.717) is 29.7 Å². The van der Waals surface area contributed by atoms with E-state index in [2.05, 4.69) is 4.98 Å². The van der Waals surface area contributed by atoms with Crippen LogP contribution >= 0.6 is 0 Å². The summed E-state index contributed by atoms with van der Waals surface area (Å²) in [4.78, 5) is 25.6. The number of methoxy groups -OCH3 is 1. The van der Waals surface area contributed by atoms with Crippen LogP contribution in [-0.4, -0.2) is 33.6 Å². The van der Waals surface area contributed by atoms with E-state index in [-0.39, 0.29) is 11.6 Å². The van der Waals surface area contributed by atoms with Crippen molar-refractivity contribution in [2.45, 2.75) is 88.8 Å². The molecule has 0 unspecified atom stereocenters. The lowest BCUT2D eigenvalue weighted by Gasteiger charge is -2.56. The van der Waals surface area contributed by atoms with Crippen molar-refractivity contribution in [1.29, 1.82) is 0 Å². The molecule has 0 aliphatic heterocycles. The zero-order chi connectivity index (χ0) is 25.7. The molecule has 7 heteroatoms. The first kappa shape index (κ1) is 24.1. The summed E-state index contributed by atoms with van der Waals surface area (Å²) in [5, 5.41) is 0. The predicted octanol–water partition coefficient (Wildman–Crippen LogP) is 7.05. The van der Waals surface area contributed by atoms with Crippen molar-refractivity contribution in [3.63, 3.8) is 0 Å². The van der Waals surface area contributed by atoms with Crippen LogP contribution in [0, 0.1) is 17.8 Å². The highest BCUT2D eigenvalue weighted by Gasteiger charge is 2.51. The maximum Gasteiger partial charge on any atom is 0.337 e. The van der Waals surface area contributed by atoms with Crippen LogP contribution in [0.15, 0.2) is 34.9 Å². The Bertz CT molecular complexity index is 1280. The molecule has 38 heavy (non-hydrogen) atoms. The van der Waals surface area contributed by atoms with E-state index < -0.39 is 0 Å². The number of nitrogens with zero attached hydrogens (tertiary/aromatic N) is 2. The molecule has 5 aliphatic carbocycles. The molecule has 0 atom stereocenters. The molecule has 200 valence electrons. The summed E-state index contributed by atoms with van der Waals surface area (Å²) in [5.41, 5.74) is 3.71. The van der Waals surface area contributed by atoms with Crippen molar-refractivity contribution in [3.8, 4) is 22.8 Å². The molecule has 2 heterocycles. The first-order valence-corrected chi connectivity index (χ1v) is 14.4. The first-order valence-electron chi connectivity index (χ1n) is 14.4. The third-order valence-corrected chi connectivity index (χ3v) is 9.58. The van der Waals surface area contributed by atoms with Crippen LogP contribution < -0.4 is 0 Å². The van der Waals surface area contributed by atoms with Crippen LogP contribution in [0.4, 0.5) is 0 Å². The molecule has 5 saturated carbocycles. The van der Waals surface area contributed by atoms with E-state index in [9.17, 15) is 4.79 Å². The predicted molar refractivity (Wildman–Crippen MR) is 142 cm³/mol. The fraction of sp³-hybridized carbons (Fsp3) is 0.581. The number of aromatic nitrogens is 3. The van der Waals surface area contributed by atoms with Gasteiger partial charge in [0.1, 0.15) is 23.5 Å². The number of carbonyl (C=O) groups excluding carboxylic acids is 1. The summed E-state index contributed by atoms with van der Waals surface area (Å²) in [5.74, 6) is 4.13. The Morgan fingerprint density at radius 3 is 2.50 bits per heavy atom. The van der Waals surface area contributed by atoms with Gasteiger partial charge in [-0.1, -0.05) is 31.4 Å². The average molecular weight is 516 g/mol. The van der Waals surface area contributed by atoms with Gasteiger partial charge < -0.3 is 18.9 Å². The van der Waals surface area contributed by atoms with E-state index in [1.807, 2.05) is 12.1 Å². The van der Waals surface area contributed by atoms with Crippen LogP contribution in [0.1, 0.15) is 98.4 Å². The zero-order valence-corrected chi connectivity index (χ0v) is 22.2. The molecule has 5 fully saturated rings. The van der Waals surface area contributed by atoms with Gasteiger partial charge in [0.05, 0.1) is 30.6 Å². The van der Waals surface area contributed by atoms with Gasteiger partial charge in [0.15, 0.2) is 0 Å². The van der Waals surface area contributed by atoms with Crippen LogP contribution in [-0.2, 0) is 16.1 Å². The molecule has 3 aromatic rings. The molecular weight excluding hydrogens is 478 g/mol. The highest BCUT2D eigenvalue weighted by atomic mass is 16.5. The number of rotatable bonds is 7. The van der Waals surface area contributed by atoms with Crippen molar-refractivity contribution in [2.24, 2.45) is 17.8 Å². The quantitative estimate of drug-likeness (QED) is 0.339. The maximum atomic E-state index is 12.0. The standard InChI is InChI=1S/C31H37N3O4/c1-36-30(35)24-9-5-8-23(13-24)25-17-37-29(33-25)27-26(32-28(34-27)22-6-3-2-4-7-22)18-38-31-14-19-10-20(15-31)12-21(11-19)16-31/h5,8-9,13,17,19-22H,2-4,6-7,10-12,14-16,18H2,1H3,(H,32,34). The van der Waals surface area contributed by atoms with Crippen molar-refractivity contribution in [1.82, 2.24) is 15.0 Å². The fourth-order valence-electron chi connectivity index (χ4n) is 8.15. The van der Waals surface area contributed by atoms with Gasteiger partial charge in [0, 0.05) is 11.5 Å². The third kappa shape index (κ3) is 4.49. The van der Waals surface area contributed by atoms with E-state index in [4.69, 9.17) is 23.9 Å². The normalized spacial score (nSPS) is 28.6. The SMILES string of the molecule is COC(=O)c1cccc(-c2coc(-c3nc(C4CCCCC4)[nH]c3COC34CC5CC(CC(C5)C3)C4)n2)c1. The van der Waals surface area contributed by atoms with E-state index >= 15 is 0 Å². The van der Waals surface area contributed by atoms with Gasteiger partial charge in [0.25, 0.3) is 0 Å². The van der Waals surface area contributed by atoms with Gasteiger partial charge in [-0.05, 0) is 81.3 Å². The summed E-state index contributed by atoms with van der Waals surface area (Å²) in [6.45, 7) is 0.511. The number of benzene rings is 1. The van der Waals surface area contributed by atoms with Crippen LogP contribution in [0.25, 0.3) is 22.8 Å². The number of oxazole rings is 1. The number of nitrogens with one attached hydrogen (secondary N) is 1. The molecule has 0 spiro atoms. The summed E-state index contributed by atoms with van der Waals surface area (Å²) in [6.07, 6.45) is 15.6. The Kier molecular flexibility index (Phi) is 6.14. The lowest BCUT2D eigenvalue weighted by Crippen LogP contribution is -2.51. The Morgan fingerprint density at radius 2 is 1.79 bits per heavy atom. The smallest absolute Gasteiger partial charge is 0.337 e. The Hall–Kier alpha value is -2.93. The summed E-state index contributed by atoms with van der Waals surface area (Å²) < 4.78 is 17.7. The summed E-state index contributed by atoms with van der Waals surface area (Å²) >= 11 is 0. The van der Waals surface area contributed by atoms with Crippen LogP contribution in [0.5, 0.6) is 0 Å². The molecule has 0 radical (unpaired) electrons. The molecular formula is C31H37N3O4. The Morgan fingerprint density at radius 1 is 1.05 bits per heavy atom. The molecule has 7 nitrogen and oxygen atoms in total. The number of esters is 1. The number of hydrogen-bond acceptors (Lipinski definition) is 6. The average Bonchev–Trinajstić information content (AvgIpc) is 3.59. The number of imidazole rings is 1. The lowest BCUT2D eigenvalue weighted by molar-refractivity contribution is -0.169. The number of hydrogen-bond donors (Lipinski definition) is 1. The lowest BCUT2D eigenvalue weighted by atomic mass is 9.54. The fourth-order valence-corrected chi connectivity index (χ4v) is 8.15. The molecule has 1 N–H and O–H groups in total. The number of ether oxygens (including phenoxy) is 2. The van der Waals surface area contributed by atoms with Crippen LogP contribution in [0.3, 0.4) is 0 Å². The van der Waals surface area contributed by atoms with E-state index in [0.717, 1.165) is 40.5 Å². The van der Waals surface area contributed by atoms with E-state index in [1.165, 1.54) is 77.7 Å². The second-order valence-electron chi connectivity index (χ2n) is 12.3. The highest BCUT2D eigenvalue weighted by Crippen LogP contribution is 2.57. The highest BCUT2D eigenvalue weighted by molar-refractivity contribution is 5.90. The van der Waals surface area contributed by atoms with Crippen molar-refractivity contribution < 1.29 is 18.7 Å². The zero-order valence-electron chi connectivity index (χ0n) is 22.2. The largest absolute Gasteiger partial charge is 0.465 e. The summed E-state index contributed by atoms with van der Waals surface area (Å²) in [7, 11) is 1.39. The Labute approximate surface area is 223 Å². The molecule has 5 aliphatic rings. The van der Waals surface area contributed by atoms with Gasteiger partial charge in [0.2, 0.25) is 5.89 Å². The minimum Gasteiger partial charge on any atom is -0.465 e. The number of H-pyrrole nitrogens is 1. The Balaban J connectivity index is 1.18. The molecule has 8 rings (SSSR count). The van der Waals surface area contributed by atoms with Gasteiger partial charge in [-0.3, -0.25) is 0 Å². The first-order chi connectivity index (χ1) is 18.6. The van der Waals surface area contributed by atoms with Crippen molar-refractivity contribution in [2.75, 3.05) is 7.11 Å². The number of carbonyl (C=O) groups is 1. The van der Waals surface area contributed by atoms with Crippen molar-refractivity contribution in [3.05, 3.63) is 47.6 Å². The van der Waals surface area contributed by atoms with E-state index in [1.54, 1.807) is 18.4 Å². The van der Waals surface area contributed by atoms with Gasteiger partial charge in [-0.2, -0.15) is 0 Å². The van der Waals surface area contributed by atoms with Gasteiger partial charge in [-0.25, -0.2) is 14.8 Å². The van der Waals surface area contributed by atoms with Gasteiger partial charge >= 0.3 is 5.97 Å². The summed E-state index contributed by atoms with van der Waals surface area (Å²) in [6, 6.07) is 7.27. The monoisotopic (exact) mass is 515 g/mol. The molecule has 4 bridgehead atoms. The second kappa shape index (κ2) is 9.67. The maximum absolute atomic E-state index is 12.0. The molecule has 0 amide bonds. The second-order valence-corrected chi connectivity index (χ2v) is 12.3. The van der Waals surface area contributed by atoms with Crippen molar-refractivity contribution >= 4 is 5.97 Å². The molecule has 0 saturated heterocycles. The molecule has 2 aromatic heterocycles. The van der Waals surface area contributed by atoms with Crippen LogP contribution in [0.2, 0.25) is 0 Å². The number of aromatic amines is 1.